The molecule has 100 valence electrons. The number of aromatic nitrogens is 2. The van der Waals surface area contributed by atoms with Crippen molar-refractivity contribution >= 4 is 5.69 Å². The van der Waals surface area contributed by atoms with Crippen molar-refractivity contribution in [3.63, 3.8) is 0 Å². The Hall–Kier alpha value is -1.40. The molecule has 1 atom stereocenters. The van der Waals surface area contributed by atoms with Crippen LogP contribution in [0.5, 0.6) is 0 Å². The fourth-order valence-corrected chi connectivity index (χ4v) is 2.10. The minimum atomic E-state index is -0.180. The third-order valence-corrected chi connectivity index (χ3v) is 3.17. The Morgan fingerprint density at radius 2 is 2.39 bits per heavy atom. The molecule has 2 N–H and O–H groups in total. The van der Waals surface area contributed by atoms with Gasteiger partial charge in [-0.3, -0.25) is 9.69 Å². The first kappa shape index (κ1) is 13.0. The quantitative estimate of drug-likeness (QED) is 0.815. The number of ether oxygens (including phenoxy) is 1. The molecule has 1 aromatic rings. The average molecular weight is 252 g/mol. The smallest absolute Gasteiger partial charge is 0.268 e. The van der Waals surface area contributed by atoms with Gasteiger partial charge in [-0.2, -0.15) is 5.10 Å². The van der Waals surface area contributed by atoms with Crippen molar-refractivity contribution in [1.29, 1.82) is 0 Å². The van der Waals surface area contributed by atoms with Gasteiger partial charge in [0.05, 0.1) is 31.1 Å². The SMILES string of the molecule is CC(C)N1CCOC(Cn2ncc(N)cc2=O)C1. The highest BCUT2D eigenvalue weighted by atomic mass is 16.5. The monoisotopic (exact) mass is 252 g/mol. The van der Waals surface area contributed by atoms with Crippen LogP contribution >= 0.6 is 0 Å². The molecule has 0 aromatic carbocycles. The van der Waals surface area contributed by atoms with Crippen LogP contribution < -0.4 is 11.3 Å². The van der Waals surface area contributed by atoms with Crippen LogP contribution in [0.15, 0.2) is 17.1 Å². The lowest BCUT2D eigenvalue weighted by atomic mass is 10.2. The molecule has 6 nitrogen and oxygen atoms in total. The van der Waals surface area contributed by atoms with Gasteiger partial charge < -0.3 is 10.5 Å². The Kier molecular flexibility index (Phi) is 3.98. The number of hydrogen-bond acceptors (Lipinski definition) is 5. The number of nitrogens with two attached hydrogens (primary N) is 1. The minimum Gasteiger partial charge on any atom is -0.397 e. The van der Waals surface area contributed by atoms with E-state index in [9.17, 15) is 4.79 Å². The maximum atomic E-state index is 11.7. The lowest BCUT2D eigenvalue weighted by molar-refractivity contribution is -0.0475. The summed E-state index contributed by atoms with van der Waals surface area (Å²) in [6, 6.07) is 1.88. The van der Waals surface area contributed by atoms with Crippen LogP contribution in [0.2, 0.25) is 0 Å². The van der Waals surface area contributed by atoms with E-state index in [2.05, 4.69) is 23.8 Å². The van der Waals surface area contributed by atoms with Gasteiger partial charge in [-0.1, -0.05) is 0 Å². The Morgan fingerprint density at radius 1 is 1.61 bits per heavy atom. The summed E-state index contributed by atoms with van der Waals surface area (Å²) in [6.45, 7) is 7.27. The Labute approximate surface area is 106 Å². The zero-order valence-corrected chi connectivity index (χ0v) is 10.9. The third kappa shape index (κ3) is 3.08. The van der Waals surface area contributed by atoms with E-state index in [1.807, 2.05) is 0 Å². The molecule has 0 bridgehead atoms. The van der Waals surface area contributed by atoms with E-state index in [1.165, 1.54) is 16.9 Å². The van der Waals surface area contributed by atoms with Crippen LogP contribution in [0, 0.1) is 0 Å². The first-order valence-electron chi connectivity index (χ1n) is 6.24. The summed E-state index contributed by atoms with van der Waals surface area (Å²) in [5.41, 5.74) is 5.72. The second kappa shape index (κ2) is 5.49. The number of nitrogen functional groups attached to an aromatic ring is 1. The molecule has 2 rings (SSSR count). The van der Waals surface area contributed by atoms with Crippen LogP contribution in [0.25, 0.3) is 0 Å². The highest BCUT2D eigenvalue weighted by Gasteiger charge is 2.22. The molecule has 0 radical (unpaired) electrons. The molecular weight excluding hydrogens is 232 g/mol. The van der Waals surface area contributed by atoms with Crippen LogP contribution in [0.3, 0.4) is 0 Å². The van der Waals surface area contributed by atoms with E-state index in [0.717, 1.165) is 13.1 Å². The van der Waals surface area contributed by atoms with E-state index in [0.29, 0.717) is 24.9 Å². The molecule has 1 aliphatic rings. The number of hydrogen-bond donors (Lipinski definition) is 1. The zero-order valence-electron chi connectivity index (χ0n) is 10.9. The van der Waals surface area contributed by atoms with Crippen LogP contribution in [-0.4, -0.2) is 46.5 Å². The molecular formula is C12H20N4O2. The van der Waals surface area contributed by atoms with Crippen molar-refractivity contribution in [2.75, 3.05) is 25.4 Å². The summed E-state index contributed by atoms with van der Waals surface area (Å²) < 4.78 is 7.08. The molecule has 1 saturated heterocycles. The number of morpholine rings is 1. The molecule has 0 aliphatic carbocycles. The van der Waals surface area contributed by atoms with E-state index in [-0.39, 0.29) is 11.7 Å². The number of rotatable bonds is 3. The second-order valence-corrected chi connectivity index (χ2v) is 4.89. The van der Waals surface area contributed by atoms with Crippen LogP contribution in [0.4, 0.5) is 5.69 Å². The lowest BCUT2D eigenvalue weighted by Gasteiger charge is -2.35. The Bertz CT molecular complexity index is 458. The van der Waals surface area contributed by atoms with Gasteiger partial charge in [-0.15, -0.1) is 0 Å². The highest BCUT2D eigenvalue weighted by Crippen LogP contribution is 2.09. The van der Waals surface area contributed by atoms with Crippen LogP contribution in [-0.2, 0) is 11.3 Å². The van der Waals surface area contributed by atoms with Gasteiger partial charge in [0.2, 0.25) is 0 Å². The normalized spacial score (nSPS) is 21.4. The first-order chi connectivity index (χ1) is 8.56. The van der Waals surface area contributed by atoms with E-state index in [4.69, 9.17) is 10.5 Å². The molecule has 6 heteroatoms. The van der Waals surface area contributed by atoms with Gasteiger partial charge >= 0.3 is 0 Å². The third-order valence-electron chi connectivity index (χ3n) is 3.17. The summed E-state index contributed by atoms with van der Waals surface area (Å²) in [5, 5.41) is 4.02. The van der Waals surface area contributed by atoms with Crippen molar-refractivity contribution in [2.24, 2.45) is 0 Å². The van der Waals surface area contributed by atoms with Gasteiger partial charge in [0.25, 0.3) is 5.56 Å². The molecule has 1 aliphatic heterocycles. The first-order valence-corrected chi connectivity index (χ1v) is 6.24. The Morgan fingerprint density at radius 3 is 3.06 bits per heavy atom. The van der Waals surface area contributed by atoms with Crippen molar-refractivity contribution in [1.82, 2.24) is 14.7 Å². The molecule has 2 heterocycles. The average Bonchev–Trinajstić information content (AvgIpc) is 2.33. The fraction of sp³-hybridized carbons (Fsp3) is 0.667. The van der Waals surface area contributed by atoms with Crippen LogP contribution in [0.1, 0.15) is 13.8 Å². The summed E-state index contributed by atoms with van der Waals surface area (Å²) in [5.74, 6) is 0. The van der Waals surface area contributed by atoms with Gasteiger partial charge in [0, 0.05) is 25.2 Å². The predicted molar refractivity (Wildman–Crippen MR) is 69.4 cm³/mol. The molecule has 1 unspecified atom stereocenters. The lowest BCUT2D eigenvalue weighted by Crippen LogP contribution is -2.48. The predicted octanol–water partition coefficient (Wildman–Crippen LogP) is -0.0653. The molecule has 1 aromatic heterocycles. The minimum absolute atomic E-state index is 0.00924. The van der Waals surface area contributed by atoms with Gasteiger partial charge in [0.15, 0.2) is 0 Å². The second-order valence-electron chi connectivity index (χ2n) is 4.89. The molecule has 0 saturated carbocycles. The topological polar surface area (TPSA) is 73.4 Å². The molecule has 0 spiro atoms. The zero-order chi connectivity index (χ0) is 13.1. The van der Waals surface area contributed by atoms with Crippen molar-refractivity contribution in [2.45, 2.75) is 32.5 Å². The Balaban J connectivity index is 2.02. The molecule has 1 fully saturated rings. The largest absolute Gasteiger partial charge is 0.397 e. The highest BCUT2D eigenvalue weighted by molar-refractivity contribution is 5.31. The van der Waals surface area contributed by atoms with E-state index in [1.54, 1.807) is 0 Å². The summed E-state index contributed by atoms with van der Waals surface area (Å²) >= 11 is 0. The van der Waals surface area contributed by atoms with Gasteiger partial charge in [-0.25, -0.2) is 4.68 Å². The number of anilines is 1. The molecule has 18 heavy (non-hydrogen) atoms. The maximum Gasteiger partial charge on any atom is 0.268 e. The van der Waals surface area contributed by atoms with Crippen molar-refractivity contribution in [3.8, 4) is 0 Å². The summed E-state index contributed by atoms with van der Waals surface area (Å²) in [4.78, 5) is 14.0. The standard InChI is InChI=1S/C12H20N4O2/c1-9(2)15-3-4-18-11(7-15)8-16-12(17)5-10(13)6-14-16/h5-6,9,11H,3-4,7-8,13H2,1-2H3. The van der Waals surface area contributed by atoms with E-state index >= 15 is 0 Å². The summed E-state index contributed by atoms with van der Waals surface area (Å²) in [6.07, 6.45) is 1.50. The fourth-order valence-electron chi connectivity index (χ4n) is 2.10. The maximum absolute atomic E-state index is 11.7. The molecule has 0 amide bonds. The van der Waals surface area contributed by atoms with Crippen molar-refractivity contribution < 1.29 is 4.74 Å². The van der Waals surface area contributed by atoms with E-state index < -0.39 is 0 Å². The van der Waals surface area contributed by atoms with Gasteiger partial charge in [0.1, 0.15) is 0 Å². The van der Waals surface area contributed by atoms with Gasteiger partial charge in [-0.05, 0) is 13.8 Å². The number of nitrogens with zero attached hydrogens (tertiary/aromatic N) is 3. The van der Waals surface area contributed by atoms with Crippen molar-refractivity contribution in [3.05, 3.63) is 22.6 Å². The summed E-state index contributed by atoms with van der Waals surface area (Å²) in [7, 11) is 0.